The molecule has 0 bridgehead atoms. The zero-order chi connectivity index (χ0) is 14.4. The van der Waals surface area contributed by atoms with Gasteiger partial charge in [0.15, 0.2) is 11.5 Å². The standard InChI is InChI=1S/C16H20ClNO2/c1-3-4-5-8-20-16-14(17)9-12(10-15(16)19-2)11-18-13-6-7-13/h9-10,13,18H,5-8,11H2,1-2H3. The van der Waals surface area contributed by atoms with Gasteiger partial charge in [0.2, 0.25) is 0 Å². The molecule has 1 fully saturated rings. The van der Waals surface area contributed by atoms with Gasteiger partial charge >= 0.3 is 0 Å². The van der Waals surface area contributed by atoms with Gasteiger partial charge in [-0.25, -0.2) is 0 Å². The molecule has 1 saturated carbocycles. The molecule has 0 saturated heterocycles. The molecule has 0 radical (unpaired) electrons. The number of ether oxygens (including phenoxy) is 2. The SMILES string of the molecule is CC#CCCOc1c(Cl)cc(CNC2CC2)cc1OC. The molecular formula is C16H20ClNO2. The first-order valence-corrected chi connectivity index (χ1v) is 7.24. The highest BCUT2D eigenvalue weighted by Crippen LogP contribution is 2.36. The second kappa shape index (κ2) is 7.42. The lowest BCUT2D eigenvalue weighted by atomic mass is 10.2. The van der Waals surface area contributed by atoms with Crippen LogP contribution in [-0.4, -0.2) is 19.8 Å². The third-order valence-corrected chi connectivity index (χ3v) is 3.39. The first-order chi connectivity index (χ1) is 9.74. The normalized spacial score (nSPS) is 13.6. The maximum absolute atomic E-state index is 6.29. The molecule has 0 unspecified atom stereocenters. The third kappa shape index (κ3) is 4.33. The van der Waals surface area contributed by atoms with E-state index >= 15 is 0 Å². The summed E-state index contributed by atoms with van der Waals surface area (Å²) < 4.78 is 11.0. The molecule has 1 aromatic carbocycles. The molecule has 108 valence electrons. The van der Waals surface area contributed by atoms with Crippen LogP contribution in [0.1, 0.15) is 31.7 Å². The summed E-state index contributed by atoms with van der Waals surface area (Å²) >= 11 is 6.29. The molecule has 0 amide bonds. The van der Waals surface area contributed by atoms with Crippen LogP contribution in [0.25, 0.3) is 0 Å². The average Bonchev–Trinajstić information content (AvgIpc) is 3.26. The van der Waals surface area contributed by atoms with Crippen molar-refractivity contribution in [2.45, 2.75) is 38.8 Å². The van der Waals surface area contributed by atoms with Crippen molar-refractivity contribution in [2.24, 2.45) is 0 Å². The maximum Gasteiger partial charge on any atom is 0.179 e. The Hall–Kier alpha value is -1.37. The Kier molecular flexibility index (Phi) is 5.58. The summed E-state index contributed by atoms with van der Waals surface area (Å²) in [7, 11) is 1.63. The fourth-order valence-electron chi connectivity index (χ4n) is 1.89. The lowest BCUT2D eigenvalue weighted by molar-refractivity contribution is 0.301. The van der Waals surface area contributed by atoms with E-state index in [0.717, 1.165) is 12.1 Å². The molecular weight excluding hydrogens is 274 g/mol. The quantitative estimate of drug-likeness (QED) is 0.617. The Balaban J connectivity index is 2.03. The van der Waals surface area contributed by atoms with Crippen LogP contribution >= 0.6 is 11.6 Å². The van der Waals surface area contributed by atoms with Crippen molar-refractivity contribution in [1.29, 1.82) is 0 Å². The summed E-state index contributed by atoms with van der Waals surface area (Å²) in [6.45, 7) is 3.13. The Morgan fingerprint density at radius 1 is 1.40 bits per heavy atom. The number of methoxy groups -OCH3 is 1. The van der Waals surface area contributed by atoms with Crippen molar-refractivity contribution in [3.05, 3.63) is 22.7 Å². The van der Waals surface area contributed by atoms with Crippen molar-refractivity contribution in [3.63, 3.8) is 0 Å². The van der Waals surface area contributed by atoms with Crippen molar-refractivity contribution >= 4 is 11.6 Å². The Bertz CT molecular complexity index is 515. The predicted molar refractivity (Wildman–Crippen MR) is 81.4 cm³/mol. The van der Waals surface area contributed by atoms with Gasteiger partial charge < -0.3 is 14.8 Å². The van der Waals surface area contributed by atoms with Crippen molar-refractivity contribution in [2.75, 3.05) is 13.7 Å². The number of benzene rings is 1. The van der Waals surface area contributed by atoms with Gasteiger partial charge in [-0.3, -0.25) is 0 Å². The van der Waals surface area contributed by atoms with E-state index < -0.39 is 0 Å². The molecule has 1 aromatic rings. The van der Waals surface area contributed by atoms with Gasteiger partial charge in [0.25, 0.3) is 0 Å². The number of hydrogen-bond donors (Lipinski definition) is 1. The molecule has 0 heterocycles. The minimum absolute atomic E-state index is 0.511. The number of halogens is 1. The van der Waals surface area contributed by atoms with E-state index in [-0.39, 0.29) is 0 Å². The summed E-state index contributed by atoms with van der Waals surface area (Å²) in [4.78, 5) is 0. The largest absolute Gasteiger partial charge is 0.493 e. The zero-order valence-corrected chi connectivity index (χ0v) is 12.7. The molecule has 0 spiro atoms. The van der Waals surface area contributed by atoms with Gasteiger partial charge in [-0.2, -0.15) is 0 Å². The van der Waals surface area contributed by atoms with Crippen molar-refractivity contribution < 1.29 is 9.47 Å². The van der Waals surface area contributed by atoms with Crippen LogP contribution in [-0.2, 0) is 6.54 Å². The molecule has 0 aliphatic heterocycles. The first kappa shape index (κ1) is 15.0. The molecule has 2 rings (SSSR count). The number of rotatable bonds is 7. The molecule has 1 aliphatic rings. The number of nitrogens with one attached hydrogen (secondary N) is 1. The smallest absolute Gasteiger partial charge is 0.179 e. The fraction of sp³-hybridized carbons (Fsp3) is 0.500. The van der Waals surface area contributed by atoms with Gasteiger partial charge in [0.05, 0.1) is 18.7 Å². The number of hydrogen-bond acceptors (Lipinski definition) is 3. The predicted octanol–water partition coefficient (Wildman–Crippen LogP) is 3.39. The fourth-order valence-corrected chi connectivity index (χ4v) is 2.18. The van der Waals surface area contributed by atoms with Crippen LogP contribution in [0.5, 0.6) is 11.5 Å². The van der Waals surface area contributed by atoms with Gasteiger partial charge in [0, 0.05) is 19.0 Å². The zero-order valence-electron chi connectivity index (χ0n) is 12.0. The minimum Gasteiger partial charge on any atom is -0.493 e. The summed E-state index contributed by atoms with van der Waals surface area (Å²) in [5.74, 6) is 7.07. The van der Waals surface area contributed by atoms with Crippen molar-refractivity contribution in [1.82, 2.24) is 5.32 Å². The second-order valence-electron chi connectivity index (χ2n) is 4.79. The van der Waals surface area contributed by atoms with Gasteiger partial charge in [-0.15, -0.1) is 11.8 Å². The third-order valence-electron chi connectivity index (χ3n) is 3.11. The average molecular weight is 294 g/mol. The molecule has 0 aromatic heterocycles. The summed E-state index contributed by atoms with van der Waals surface area (Å²) in [5.41, 5.74) is 1.11. The van der Waals surface area contributed by atoms with E-state index in [1.165, 1.54) is 12.8 Å². The Morgan fingerprint density at radius 2 is 2.20 bits per heavy atom. The van der Waals surface area contributed by atoms with E-state index in [1.807, 2.05) is 19.1 Å². The van der Waals surface area contributed by atoms with Crippen molar-refractivity contribution in [3.8, 4) is 23.3 Å². The van der Waals surface area contributed by atoms with Gasteiger partial charge in [-0.1, -0.05) is 11.6 Å². The summed E-state index contributed by atoms with van der Waals surface area (Å²) in [6.07, 6.45) is 3.22. The van der Waals surface area contributed by atoms with E-state index in [9.17, 15) is 0 Å². The van der Waals surface area contributed by atoms with Crippen LogP contribution in [0.4, 0.5) is 0 Å². The molecule has 1 aliphatic carbocycles. The lowest BCUT2D eigenvalue weighted by Crippen LogP contribution is -2.15. The molecule has 1 N–H and O–H groups in total. The molecule has 0 atom stereocenters. The minimum atomic E-state index is 0.511. The van der Waals surface area contributed by atoms with Crippen LogP contribution in [0.3, 0.4) is 0 Å². The summed E-state index contributed by atoms with van der Waals surface area (Å²) in [6, 6.07) is 4.57. The highest BCUT2D eigenvalue weighted by Gasteiger charge is 2.20. The van der Waals surface area contributed by atoms with Crippen LogP contribution in [0, 0.1) is 11.8 Å². The first-order valence-electron chi connectivity index (χ1n) is 6.86. The maximum atomic E-state index is 6.29. The van der Waals surface area contributed by atoms with Crippen LogP contribution < -0.4 is 14.8 Å². The van der Waals surface area contributed by atoms with Gasteiger partial charge in [0.1, 0.15) is 0 Å². The Morgan fingerprint density at radius 3 is 2.85 bits per heavy atom. The summed E-state index contributed by atoms with van der Waals surface area (Å²) in [5, 5.41) is 4.04. The molecule has 4 heteroatoms. The highest BCUT2D eigenvalue weighted by molar-refractivity contribution is 6.32. The Labute approximate surface area is 125 Å². The van der Waals surface area contributed by atoms with Crippen LogP contribution in [0.15, 0.2) is 12.1 Å². The van der Waals surface area contributed by atoms with E-state index in [0.29, 0.717) is 35.6 Å². The highest BCUT2D eigenvalue weighted by atomic mass is 35.5. The molecule has 3 nitrogen and oxygen atoms in total. The molecule has 20 heavy (non-hydrogen) atoms. The van der Waals surface area contributed by atoms with Crippen LogP contribution in [0.2, 0.25) is 5.02 Å². The monoisotopic (exact) mass is 293 g/mol. The topological polar surface area (TPSA) is 30.5 Å². The van der Waals surface area contributed by atoms with E-state index in [4.69, 9.17) is 21.1 Å². The second-order valence-corrected chi connectivity index (χ2v) is 5.20. The van der Waals surface area contributed by atoms with Gasteiger partial charge in [-0.05, 0) is 37.5 Å². The van der Waals surface area contributed by atoms with E-state index in [2.05, 4.69) is 17.2 Å². The lowest BCUT2D eigenvalue weighted by Gasteiger charge is -2.14. The van der Waals surface area contributed by atoms with E-state index in [1.54, 1.807) is 7.11 Å².